The lowest BCUT2D eigenvalue weighted by Gasteiger charge is -2.18. The SMILES string of the molecule is CCCCOc1ccc2ccccc2c1[S+]1CCOCC1. The molecule has 1 heterocycles. The highest BCUT2D eigenvalue weighted by atomic mass is 32.2. The average Bonchev–Trinajstić information content (AvgIpc) is 2.55. The van der Waals surface area contributed by atoms with Crippen molar-refractivity contribution in [1.82, 2.24) is 0 Å². The molecule has 1 aliphatic rings. The zero-order valence-corrected chi connectivity index (χ0v) is 13.5. The third-order valence-corrected chi connectivity index (χ3v) is 6.15. The molecule has 0 unspecified atom stereocenters. The molecule has 2 aromatic carbocycles. The third-order valence-electron chi connectivity index (χ3n) is 3.84. The molecule has 2 aromatic rings. The van der Waals surface area contributed by atoms with Gasteiger partial charge < -0.3 is 9.47 Å². The highest BCUT2D eigenvalue weighted by molar-refractivity contribution is 7.97. The summed E-state index contributed by atoms with van der Waals surface area (Å²) in [7, 11) is 0.250. The summed E-state index contributed by atoms with van der Waals surface area (Å²) in [6.07, 6.45) is 2.28. The molecule has 0 aromatic heterocycles. The molecule has 2 nitrogen and oxygen atoms in total. The first-order valence-electron chi connectivity index (χ1n) is 7.80. The van der Waals surface area contributed by atoms with Gasteiger partial charge >= 0.3 is 0 Å². The Hall–Kier alpha value is -1.19. The molecule has 0 spiro atoms. The molecule has 1 saturated heterocycles. The quantitative estimate of drug-likeness (QED) is 0.613. The van der Waals surface area contributed by atoms with E-state index in [1.54, 1.807) is 0 Å². The van der Waals surface area contributed by atoms with Crippen LogP contribution < -0.4 is 4.74 Å². The Morgan fingerprint density at radius 1 is 1.10 bits per heavy atom. The van der Waals surface area contributed by atoms with Gasteiger partial charge in [0.25, 0.3) is 0 Å². The van der Waals surface area contributed by atoms with Gasteiger partial charge in [-0.2, -0.15) is 0 Å². The highest BCUT2D eigenvalue weighted by Crippen LogP contribution is 2.35. The van der Waals surface area contributed by atoms with Gasteiger partial charge in [-0.25, -0.2) is 0 Å². The topological polar surface area (TPSA) is 18.5 Å². The van der Waals surface area contributed by atoms with Crippen LogP contribution in [0.3, 0.4) is 0 Å². The molecule has 1 aliphatic heterocycles. The molecule has 0 aliphatic carbocycles. The van der Waals surface area contributed by atoms with Crippen LogP contribution in [0.2, 0.25) is 0 Å². The molecular formula is C18H23O2S+. The number of unbranched alkanes of at least 4 members (excludes halogenated alkanes) is 1. The summed E-state index contributed by atoms with van der Waals surface area (Å²) in [6, 6.07) is 13.0. The Labute approximate surface area is 129 Å². The summed E-state index contributed by atoms with van der Waals surface area (Å²) in [5, 5.41) is 2.67. The molecule has 0 amide bonds. The van der Waals surface area contributed by atoms with Crippen molar-refractivity contribution in [3.05, 3.63) is 36.4 Å². The summed E-state index contributed by atoms with van der Waals surface area (Å²) < 4.78 is 11.6. The van der Waals surface area contributed by atoms with Crippen molar-refractivity contribution >= 4 is 21.7 Å². The van der Waals surface area contributed by atoms with Crippen molar-refractivity contribution in [2.75, 3.05) is 31.3 Å². The van der Waals surface area contributed by atoms with Crippen LogP contribution in [-0.4, -0.2) is 31.3 Å². The van der Waals surface area contributed by atoms with Crippen LogP contribution in [0, 0.1) is 0 Å². The normalized spacial score (nSPS) is 16.2. The molecule has 0 bridgehead atoms. The van der Waals surface area contributed by atoms with E-state index in [0.29, 0.717) is 0 Å². The van der Waals surface area contributed by atoms with Crippen LogP contribution >= 0.6 is 0 Å². The lowest BCUT2D eigenvalue weighted by molar-refractivity contribution is 0.159. The predicted octanol–water partition coefficient (Wildman–Crippen LogP) is 4.03. The van der Waals surface area contributed by atoms with E-state index < -0.39 is 0 Å². The first-order valence-corrected chi connectivity index (χ1v) is 9.36. The molecular weight excluding hydrogens is 280 g/mol. The molecule has 1 fully saturated rings. The molecule has 0 saturated carbocycles. The van der Waals surface area contributed by atoms with Gasteiger partial charge in [0.15, 0.2) is 5.75 Å². The van der Waals surface area contributed by atoms with Crippen LogP contribution in [0.1, 0.15) is 19.8 Å². The van der Waals surface area contributed by atoms with Gasteiger partial charge in [-0.05, 0) is 23.9 Å². The molecule has 3 rings (SSSR count). The number of rotatable bonds is 5. The molecule has 0 N–H and O–H groups in total. The summed E-state index contributed by atoms with van der Waals surface area (Å²) >= 11 is 0. The first-order chi connectivity index (χ1) is 10.4. The van der Waals surface area contributed by atoms with Gasteiger partial charge in [0, 0.05) is 16.3 Å². The maximum atomic E-state index is 6.11. The third kappa shape index (κ3) is 3.35. The van der Waals surface area contributed by atoms with Crippen LogP contribution in [-0.2, 0) is 15.6 Å². The first kappa shape index (κ1) is 14.7. The Balaban J connectivity index is 1.99. The van der Waals surface area contributed by atoms with Gasteiger partial charge in [0.2, 0.25) is 4.90 Å². The van der Waals surface area contributed by atoms with Crippen LogP contribution in [0.4, 0.5) is 0 Å². The second-order valence-electron chi connectivity index (χ2n) is 5.33. The van der Waals surface area contributed by atoms with E-state index >= 15 is 0 Å². The van der Waals surface area contributed by atoms with Crippen LogP contribution in [0.5, 0.6) is 5.75 Å². The Morgan fingerprint density at radius 2 is 1.90 bits per heavy atom. The monoisotopic (exact) mass is 303 g/mol. The number of hydrogen-bond acceptors (Lipinski definition) is 2. The predicted molar refractivity (Wildman–Crippen MR) is 90.5 cm³/mol. The maximum Gasteiger partial charge on any atom is 0.204 e. The minimum Gasteiger partial charge on any atom is -0.488 e. The summed E-state index contributed by atoms with van der Waals surface area (Å²) in [5.74, 6) is 3.34. The maximum absolute atomic E-state index is 6.11. The molecule has 3 heteroatoms. The van der Waals surface area contributed by atoms with Crippen molar-refractivity contribution < 1.29 is 9.47 Å². The van der Waals surface area contributed by atoms with E-state index in [1.807, 2.05) is 0 Å². The van der Waals surface area contributed by atoms with E-state index in [9.17, 15) is 0 Å². The van der Waals surface area contributed by atoms with Crippen molar-refractivity contribution in [2.24, 2.45) is 0 Å². The van der Waals surface area contributed by atoms with E-state index in [4.69, 9.17) is 9.47 Å². The highest BCUT2D eigenvalue weighted by Gasteiger charge is 2.31. The fourth-order valence-corrected chi connectivity index (χ4v) is 4.85. The Bertz CT molecular complexity index is 591. The smallest absolute Gasteiger partial charge is 0.204 e. The van der Waals surface area contributed by atoms with Crippen molar-refractivity contribution in [3.8, 4) is 5.75 Å². The van der Waals surface area contributed by atoms with Crippen molar-refractivity contribution in [3.63, 3.8) is 0 Å². The van der Waals surface area contributed by atoms with Crippen LogP contribution in [0.25, 0.3) is 10.8 Å². The zero-order valence-electron chi connectivity index (χ0n) is 12.6. The van der Waals surface area contributed by atoms with Gasteiger partial charge in [-0.1, -0.05) is 37.6 Å². The van der Waals surface area contributed by atoms with E-state index in [-0.39, 0.29) is 10.9 Å². The van der Waals surface area contributed by atoms with Gasteiger partial charge in [-0.15, -0.1) is 0 Å². The lowest BCUT2D eigenvalue weighted by Crippen LogP contribution is -2.27. The van der Waals surface area contributed by atoms with E-state index in [1.165, 1.54) is 22.1 Å². The largest absolute Gasteiger partial charge is 0.488 e. The van der Waals surface area contributed by atoms with Crippen molar-refractivity contribution in [2.45, 2.75) is 24.7 Å². The number of ether oxygens (including phenoxy) is 2. The fourth-order valence-electron chi connectivity index (χ4n) is 2.69. The van der Waals surface area contributed by atoms with Crippen LogP contribution in [0.15, 0.2) is 41.3 Å². The number of fused-ring (bicyclic) bond motifs is 1. The van der Waals surface area contributed by atoms with E-state index in [0.717, 1.165) is 43.5 Å². The summed E-state index contributed by atoms with van der Waals surface area (Å²) in [4.78, 5) is 1.42. The molecule has 0 atom stereocenters. The van der Waals surface area contributed by atoms with Gasteiger partial charge in [0.05, 0.1) is 19.8 Å². The van der Waals surface area contributed by atoms with E-state index in [2.05, 4.69) is 43.3 Å². The van der Waals surface area contributed by atoms with Crippen molar-refractivity contribution in [1.29, 1.82) is 0 Å². The fraction of sp³-hybridized carbons (Fsp3) is 0.444. The standard InChI is InChI=1S/C18H23O2S/c1-2-3-10-20-17-9-8-15-6-4-5-7-16(15)18(17)21-13-11-19-12-14-21/h4-9H,2-3,10-14H2,1H3/q+1. The lowest BCUT2D eigenvalue weighted by atomic mass is 10.1. The molecule has 112 valence electrons. The van der Waals surface area contributed by atoms with Gasteiger partial charge in [0.1, 0.15) is 11.5 Å². The Morgan fingerprint density at radius 3 is 2.71 bits per heavy atom. The average molecular weight is 303 g/mol. The second kappa shape index (κ2) is 7.19. The minimum absolute atomic E-state index is 0.250. The molecule has 21 heavy (non-hydrogen) atoms. The number of hydrogen-bond donors (Lipinski definition) is 0. The zero-order chi connectivity index (χ0) is 14.5. The minimum atomic E-state index is 0.250. The second-order valence-corrected chi connectivity index (χ2v) is 7.54. The summed E-state index contributed by atoms with van der Waals surface area (Å²) in [6.45, 7) is 4.77. The Kier molecular flexibility index (Phi) is 5.04. The molecule has 0 radical (unpaired) electrons. The summed E-state index contributed by atoms with van der Waals surface area (Å²) in [5.41, 5.74) is 0. The van der Waals surface area contributed by atoms with Gasteiger partial charge in [-0.3, -0.25) is 0 Å². The number of benzene rings is 2.